The zero-order valence-corrected chi connectivity index (χ0v) is 10.9. The molecular formula is C15H21NO2. The number of carbonyl (C=O) groups is 1. The molecule has 0 saturated heterocycles. The van der Waals surface area contributed by atoms with Crippen LogP contribution in [0.25, 0.3) is 0 Å². The number of benzene rings is 1. The van der Waals surface area contributed by atoms with Crippen molar-refractivity contribution in [1.82, 2.24) is 5.32 Å². The molecule has 0 fully saturated rings. The van der Waals surface area contributed by atoms with E-state index in [1.807, 2.05) is 19.1 Å². The predicted molar refractivity (Wildman–Crippen MR) is 71.7 cm³/mol. The minimum absolute atomic E-state index is 0.0383. The largest absolute Gasteiger partial charge is 0.396 e. The number of aliphatic hydroxyl groups is 1. The van der Waals surface area contributed by atoms with Crippen LogP contribution >= 0.6 is 0 Å². The Morgan fingerprint density at radius 3 is 2.78 bits per heavy atom. The number of aliphatic hydroxyl groups excluding tert-OH is 1. The standard InChI is InChI=1S/C15H21NO2/c1-11(10-17)9-16-15(18)14-7-6-12-4-2-3-5-13(12)8-14/h6-8,11,17H,2-5,9-10H2,1H3,(H,16,18). The van der Waals surface area contributed by atoms with Crippen molar-refractivity contribution in [3.8, 4) is 0 Å². The third kappa shape index (κ3) is 3.10. The van der Waals surface area contributed by atoms with Crippen molar-refractivity contribution in [2.24, 2.45) is 5.92 Å². The van der Waals surface area contributed by atoms with Crippen LogP contribution in [0.15, 0.2) is 18.2 Å². The van der Waals surface area contributed by atoms with Gasteiger partial charge < -0.3 is 10.4 Å². The molecule has 18 heavy (non-hydrogen) atoms. The van der Waals surface area contributed by atoms with Gasteiger partial charge in [-0.15, -0.1) is 0 Å². The van der Waals surface area contributed by atoms with Gasteiger partial charge in [0.15, 0.2) is 0 Å². The highest BCUT2D eigenvalue weighted by molar-refractivity contribution is 5.94. The van der Waals surface area contributed by atoms with Crippen LogP contribution in [0.3, 0.4) is 0 Å². The van der Waals surface area contributed by atoms with E-state index in [0.29, 0.717) is 6.54 Å². The molecule has 1 unspecified atom stereocenters. The number of hydrogen-bond acceptors (Lipinski definition) is 2. The maximum Gasteiger partial charge on any atom is 0.251 e. The lowest BCUT2D eigenvalue weighted by Crippen LogP contribution is -2.29. The summed E-state index contributed by atoms with van der Waals surface area (Å²) in [5.74, 6) is 0.0650. The summed E-state index contributed by atoms with van der Waals surface area (Å²) in [5.41, 5.74) is 3.45. The van der Waals surface area contributed by atoms with Gasteiger partial charge in [-0.05, 0) is 54.9 Å². The van der Waals surface area contributed by atoms with Crippen LogP contribution in [0.1, 0.15) is 41.3 Å². The van der Waals surface area contributed by atoms with E-state index in [4.69, 9.17) is 5.11 Å². The van der Waals surface area contributed by atoms with Crippen LogP contribution < -0.4 is 5.32 Å². The highest BCUT2D eigenvalue weighted by Gasteiger charge is 2.13. The van der Waals surface area contributed by atoms with Gasteiger partial charge in [0.25, 0.3) is 5.91 Å². The van der Waals surface area contributed by atoms with E-state index in [0.717, 1.165) is 18.4 Å². The van der Waals surface area contributed by atoms with Crippen molar-refractivity contribution in [2.75, 3.05) is 13.2 Å². The average molecular weight is 247 g/mol. The highest BCUT2D eigenvalue weighted by atomic mass is 16.3. The molecule has 3 nitrogen and oxygen atoms in total. The Morgan fingerprint density at radius 1 is 1.33 bits per heavy atom. The molecule has 0 saturated carbocycles. The lowest BCUT2D eigenvalue weighted by Gasteiger charge is -2.16. The van der Waals surface area contributed by atoms with E-state index in [9.17, 15) is 4.79 Å². The number of amides is 1. The summed E-state index contributed by atoms with van der Waals surface area (Å²) in [4.78, 5) is 12.0. The molecular weight excluding hydrogens is 226 g/mol. The van der Waals surface area contributed by atoms with Crippen molar-refractivity contribution in [3.63, 3.8) is 0 Å². The minimum atomic E-state index is -0.0383. The molecule has 0 aromatic heterocycles. The third-order valence-corrected chi connectivity index (χ3v) is 3.53. The smallest absolute Gasteiger partial charge is 0.251 e. The molecule has 1 aliphatic carbocycles. The summed E-state index contributed by atoms with van der Waals surface area (Å²) < 4.78 is 0. The molecule has 1 aromatic carbocycles. The Morgan fingerprint density at radius 2 is 2.06 bits per heavy atom. The summed E-state index contributed by atoms with van der Waals surface area (Å²) >= 11 is 0. The normalized spacial score (nSPS) is 15.9. The molecule has 2 N–H and O–H groups in total. The van der Waals surface area contributed by atoms with Gasteiger partial charge in [-0.3, -0.25) is 4.79 Å². The molecule has 2 rings (SSSR count). The average Bonchev–Trinajstić information content (AvgIpc) is 2.43. The van der Waals surface area contributed by atoms with E-state index < -0.39 is 0 Å². The van der Waals surface area contributed by atoms with Gasteiger partial charge in [-0.25, -0.2) is 0 Å². The second kappa shape index (κ2) is 6.01. The summed E-state index contributed by atoms with van der Waals surface area (Å²) in [6.45, 7) is 2.53. The van der Waals surface area contributed by atoms with Gasteiger partial charge >= 0.3 is 0 Å². The maximum absolute atomic E-state index is 12.0. The summed E-state index contributed by atoms with van der Waals surface area (Å²) in [6.07, 6.45) is 4.70. The van der Waals surface area contributed by atoms with Gasteiger partial charge in [-0.2, -0.15) is 0 Å². The Balaban J connectivity index is 2.02. The van der Waals surface area contributed by atoms with E-state index in [1.54, 1.807) is 0 Å². The number of carbonyl (C=O) groups excluding carboxylic acids is 1. The first kappa shape index (κ1) is 13.1. The number of hydrogen-bond donors (Lipinski definition) is 2. The predicted octanol–water partition coefficient (Wildman–Crippen LogP) is 1.92. The molecule has 0 radical (unpaired) electrons. The van der Waals surface area contributed by atoms with E-state index in [2.05, 4.69) is 11.4 Å². The van der Waals surface area contributed by atoms with Crippen molar-refractivity contribution in [3.05, 3.63) is 34.9 Å². The number of aryl methyl sites for hydroxylation is 2. The molecule has 1 atom stereocenters. The Bertz CT molecular complexity index is 429. The van der Waals surface area contributed by atoms with Gasteiger partial charge in [-0.1, -0.05) is 13.0 Å². The van der Waals surface area contributed by atoms with Crippen molar-refractivity contribution >= 4 is 5.91 Å². The van der Waals surface area contributed by atoms with Crippen molar-refractivity contribution in [1.29, 1.82) is 0 Å². The third-order valence-electron chi connectivity index (χ3n) is 3.53. The first-order valence-electron chi connectivity index (χ1n) is 6.71. The van der Waals surface area contributed by atoms with Crippen molar-refractivity contribution < 1.29 is 9.90 Å². The molecule has 0 spiro atoms. The van der Waals surface area contributed by atoms with Gasteiger partial charge in [0.1, 0.15) is 0 Å². The van der Waals surface area contributed by atoms with Gasteiger partial charge in [0, 0.05) is 18.7 Å². The molecule has 1 amide bonds. The Kier molecular flexibility index (Phi) is 4.37. The molecule has 1 aromatic rings. The van der Waals surface area contributed by atoms with Crippen LogP contribution in [-0.4, -0.2) is 24.2 Å². The Hall–Kier alpha value is -1.35. The van der Waals surface area contributed by atoms with E-state index in [-0.39, 0.29) is 18.4 Å². The lowest BCUT2D eigenvalue weighted by atomic mass is 9.90. The summed E-state index contributed by atoms with van der Waals surface area (Å²) in [5, 5.41) is 11.8. The number of rotatable bonds is 4. The quantitative estimate of drug-likeness (QED) is 0.854. The van der Waals surface area contributed by atoms with E-state index in [1.165, 1.54) is 24.0 Å². The number of nitrogens with one attached hydrogen (secondary N) is 1. The number of fused-ring (bicyclic) bond motifs is 1. The second-order valence-electron chi connectivity index (χ2n) is 5.19. The highest BCUT2D eigenvalue weighted by Crippen LogP contribution is 2.22. The summed E-state index contributed by atoms with van der Waals surface area (Å²) in [7, 11) is 0. The van der Waals surface area contributed by atoms with E-state index >= 15 is 0 Å². The molecule has 3 heteroatoms. The first-order chi connectivity index (χ1) is 8.70. The topological polar surface area (TPSA) is 49.3 Å². The zero-order valence-electron chi connectivity index (χ0n) is 10.9. The monoisotopic (exact) mass is 247 g/mol. The fourth-order valence-electron chi connectivity index (χ4n) is 2.31. The Labute approximate surface area is 108 Å². The molecule has 1 aliphatic rings. The molecule has 0 bridgehead atoms. The lowest BCUT2D eigenvalue weighted by molar-refractivity contribution is 0.0942. The maximum atomic E-state index is 12.0. The minimum Gasteiger partial charge on any atom is -0.396 e. The SMILES string of the molecule is CC(CO)CNC(=O)c1ccc2c(c1)CCCC2. The summed E-state index contributed by atoms with van der Waals surface area (Å²) in [6, 6.07) is 6.01. The zero-order chi connectivity index (χ0) is 13.0. The van der Waals surface area contributed by atoms with Crippen molar-refractivity contribution in [2.45, 2.75) is 32.6 Å². The van der Waals surface area contributed by atoms with Crippen LogP contribution in [0.5, 0.6) is 0 Å². The second-order valence-corrected chi connectivity index (χ2v) is 5.19. The molecule has 0 heterocycles. The van der Waals surface area contributed by atoms with Gasteiger partial charge in [0.2, 0.25) is 0 Å². The molecule has 0 aliphatic heterocycles. The first-order valence-corrected chi connectivity index (χ1v) is 6.71. The van der Waals surface area contributed by atoms with Crippen LogP contribution in [-0.2, 0) is 12.8 Å². The van der Waals surface area contributed by atoms with Gasteiger partial charge in [0.05, 0.1) is 0 Å². The van der Waals surface area contributed by atoms with Crippen LogP contribution in [0.4, 0.5) is 0 Å². The fraction of sp³-hybridized carbons (Fsp3) is 0.533. The van der Waals surface area contributed by atoms with Crippen LogP contribution in [0.2, 0.25) is 0 Å². The van der Waals surface area contributed by atoms with Crippen LogP contribution in [0, 0.1) is 5.92 Å². The molecule has 98 valence electrons. The fourth-order valence-corrected chi connectivity index (χ4v) is 2.31.